The molecule has 0 aliphatic heterocycles. The number of hydrogen-bond acceptors (Lipinski definition) is 8. The molecule has 23 heavy (non-hydrogen) atoms. The maximum absolute atomic E-state index is 11.8. The number of nitrogens with two attached hydrogens (primary N) is 1. The lowest BCUT2D eigenvalue weighted by molar-refractivity contribution is -0.385. The number of benzene rings is 1. The van der Waals surface area contributed by atoms with Gasteiger partial charge in [-0.2, -0.15) is 10.5 Å². The van der Waals surface area contributed by atoms with E-state index in [2.05, 4.69) is 4.98 Å². The minimum absolute atomic E-state index is 0.182. The van der Waals surface area contributed by atoms with E-state index in [1.165, 1.54) is 0 Å². The predicted octanol–water partition coefficient (Wildman–Crippen LogP) is 0.687. The number of rotatable bonds is 2. The van der Waals surface area contributed by atoms with Crippen molar-refractivity contribution in [3.8, 4) is 34.8 Å². The van der Waals surface area contributed by atoms with E-state index in [0.717, 1.165) is 12.1 Å². The maximum Gasteiger partial charge on any atom is 0.315 e. The average molecular weight is 313 g/mol. The van der Waals surface area contributed by atoms with Crippen LogP contribution >= 0.6 is 0 Å². The summed E-state index contributed by atoms with van der Waals surface area (Å²) in [6.45, 7) is 0. The Labute approximate surface area is 127 Å². The van der Waals surface area contributed by atoms with Crippen molar-refractivity contribution < 1.29 is 15.1 Å². The van der Waals surface area contributed by atoms with Gasteiger partial charge in [-0.1, -0.05) is 0 Å². The molecule has 0 unspecified atom stereocenters. The smallest absolute Gasteiger partial charge is 0.315 e. The summed E-state index contributed by atoms with van der Waals surface area (Å²) in [5, 5.41) is 48.3. The fraction of sp³-hybridized carbons (Fsp3) is 0. The van der Waals surface area contributed by atoms with Gasteiger partial charge in [-0.25, -0.2) is 0 Å². The van der Waals surface area contributed by atoms with Crippen molar-refractivity contribution in [1.82, 2.24) is 4.98 Å². The van der Waals surface area contributed by atoms with Gasteiger partial charge in [-0.3, -0.25) is 14.9 Å². The van der Waals surface area contributed by atoms with Gasteiger partial charge in [-0.05, 0) is 11.6 Å². The van der Waals surface area contributed by atoms with E-state index in [4.69, 9.17) is 16.3 Å². The number of nitro benzene ring substituents is 1. The molecule has 1 aromatic carbocycles. The molecule has 10 heteroatoms. The van der Waals surface area contributed by atoms with E-state index in [-0.39, 0.29) is 22.5 Å². The first-order valence-corrected chi connectivity index (χ1v) is 5.88. The number of H-pyrrole nitrogens is 1. The van der Waals surface area contributed by atoms with Gasteiger partial charge in [0.2, 0.25) is 5.75 Å². The SMILES string of the molecule is N#Cc1c(N)[nH]c(=O)c(C#N)c1-c1cc(O)c(O)c([N+](=O)[O-])c1. The number of aromatic nitrogens is 1. The molecule has 114 valence electrons. The largest absolute Gasteiger partial charge is 0.504 e. The predicted molar refractivity (Wildman–Crippen MR) is 76.3 cm³/mol. The molecule has 2 aromatic rings. The molecule has 1 aromatic heterocycles. The molecule has 5 N–H and O–H groups in total. The number of nitrogen functional groups attached to an aromatic ring is 1. The molecule has 0 fully saturated rings. The van der Waals surface area contributed by atoms with E-state index in [0.29, 0.717) is 0 Å². The topological polar surface area (TPSA) is 190 Å². The van der Waals surface area contributed by atoms with Crippen LogP contribution in [0.3, 0.4) is 0 Å². The third-order valence-electron chi connectivity index (χ3n) is 3.02. The number of pyridine rings is 1. The Hall–Kier alpha value is -4.05. The second-order valence-corrected chi connectivity index (χ2v) is 4.34. The van der Waals surface area contributed by atoms with Crippen molar-refractivity contribution in [3.05, 3.63) is 43.7 Å². The Balaban J connectivity index is 2.99. The number of nitriles is 2. The number of aromatic hydroxyl groups is 2. The van der Waals surface area contributed by atoms with Gasteiger partial charge in [0.05, 0.1) is 4.92 Å². The molecule has 0 aliphatic rings. The van der Waals surface area contributed by atoms with Crippen LogP contribution in [-0.2, 0) is 0 Å². The lowest BCUT2D eigenvalue weighted by Gasteiger charge is -2.10. The van der Waals surface area contributed by atoms with E-state index < -0.39 is 33.2 Å². The first kappa shape index (κ1) is 15.3. The molecule has 2 rings (SSSR count). The molecular weight excluding hydrogens is 306 g/mol. The van der Waals surface area contributed by atoms with Crippen LogP contribution < -0.4 is 11.3 Å². The lowest BCUT2D eigenvalue weighted by Crippen LogP contribution is -2.16. The van der Waals surface area contributed by atoms with Crippen LogP contribution in [0.4, 0.5) is 11.5 Å². The molecule has 0 radical (unpaired) electrons. The fourth-order valence-electron chi connectivity index (χ4n) is 2.02. The molecular formula is C13H7N5O5. The van der Waals surface area contributed by atoms with Crippen LogP contribution in [0.25, 0.3) is 11.1 Å². The van der Waals surface area contributed by atoms with Crippen molar-refractivity contribution in [2.75, 3.05) is 5.73 Å². The maximum atomic E-state index is 11.8. The number of aromatic amines is 1. The Kier molecular flexibility index (Phi) is 3.59. The van der Waals surface area contributed by atoms with Gasteiger partial charge in [0.15, 0.2) is 5.75 Å². The second kappa shape index (κ2) is 5.38. The minimum Gasteiger partial charge on any atom is -0.504 e. The van der Waals surface area contributed by atoms with Crippen molar-refractivity contribution in [2.45, 2.75) is 0 Å². The van der Waals surface area contributed by atoms with E-state index in [1.54, 1.807) is 12.1 Å². The fourth-order valence-corrected chi connectivity index (χ4v) is 2.02. The molecule has 0 bridgehead atoms. The lowest BCUT2D eigenvalue weighted by atomic mass is 9.96. The van der Waals surface area contributed by atoms with Crippen LogP contribution in [0.15, 0.2) is 16.9 Å². The average Bonchev–Trinajstić information content (AvgIpc) is 2.49. The highest BCUT2D eigenvalue weighted by Crippen LogP contribution is 2.41. The second-order valence-electron chi connectivity index (χ2n) is 4.34. The quantitative estimate of drug-likeness (QED) is 0.353. The summed E-state index contributed by atoms with van der Waals surface area (Å²) in [7, 11) is 0. The van der Waals surface area contributed by atoms with Gasteiger partial charge < -0.3 is 20.9 Å². The molecule has 0 aliphatic carbocycles. The number of anilines is 1. The number of phenols is 2. The Bertz CT molecular complexity index is 980. The van der Waals surface area contributed by atoms with Gasteiger partial charge in [0.1, 0.15) is 29.1 Å². The molecule has 0 atom stereocenters. The third-order valence-corrected chi connectivity index (χ3v) is 3.02. The summed E-state index contributed by atoms with van der Waals surface area (Å²) in [6, 6.07) is 4.98. The zero-order chi connectivity index (χ0) is 17.3. The summed E-state index contributed by atoms with van der Waals surface area (Å²) >= 11 is 0. The molecule has 1 heterocycles. The van der Waals surface area contributed by atoms with Crippen LogP contribution in [-0.4, -0.2) is 20.1 Å². The van der Waals surface area contributed by atoms with Crippen LogP contribution in [0.1, 0.15) is 11.1 Å². The van der Waals surface area contributed by atoms with Gasteiger partial charge in [-0.15, -0.1) is 0 Å². The highest BCUT2D eigenvalue weighted by Gasteiger charge is 2.24. The number of hydrogen-bond donors (Lipinski definition) is 4. The summed E-state index contributed by atoms with van der Waals surface area (Å²) in [5.41, 5.74) is 2.53. The van der Waals surface area contributed by atoms with Gasteiger partial charge in [0.25, 0.3) is 5.56 Å². The first-order chi connectivity index (χ1) is 10.8. The van der Waals surface area contributed by atoms with E-state index in [1.807, 2.05) is 0 Å². The summed E-state index contributed by atoms with van der Waals surface area (Å²) in [5.74, 6) is -2.16. The zero-order valence-electron chi connectivity index (χ0n) is 11.2. The van der Waals surface area contributed by atoms with Crippen molar-refractivity contribution in [3.63, 3.8) is 0 Å². The van der Waals surface area contributed by atoms with Crippen LogP contribution in [0.2, 0.25) is 0 Å². The Morgan fingerprint density at radius 1 is 1.22 bits per heavy atom. The molecule has 0 amide bonds. The summed E-state index contributed by atoms with van der Waals surface area (Å²) in [4.78, 5) is 23.9. The molecule has 0 saturated heterocycles. The van der Waals surface area contributed by atoms with E-state index >= 15 is 0 Å². The van der Waals surface area contributed by atoms with Crippen LogP contribution in [0.5, 0.6) is 11.5 Å². The Morgan fingerprint density at radius 3 is 2.35 bits per heavy atom. The number of nitrogens with one attached hydrogen (secondary N) is 1. The minimum atomic E-state index is -0.978. The van der Waals surface area contributed by atoms with Crippen LogP contribution in [0, 0.1) is 32.8 Å². The van der Waals surface area contributed by atoms with E-state index in [9.17, 15) is 25.1 Å². The third kappa shape index (κ3) is 2.36. The monoisotopic (exact) mass is 313 g/mol. The van der Waals surface area contributed by atoms with Gasteiger partial charge in [0, 0.05) is 11.6 Å². The summed E-state index contributed by atoms with van der Waals surface area (Å²) < 4.78 is 0. The summed E-state index contributed by atoms with van der Waals surface area (Å²) in [6.07, 6.45) is 0. The highest BCUT2D eigenvalue weighted by atomic mass is 16.6. The number of nitro groups is 1. The number of nitrogens with zero attached hydrogens (tertiary/aromatic N) is 3. The van der Waals surface area contributed by atoms with Crippen molar-refractivity contribution >= 4 is 11.5 Å². The highest BCUT2D eigenvalue weighted by molar-refractivity contribution is 5.83. The normalized spacial score (nSPS) is 9.83. The molecule has 10 nitrogen and oxygen atoms in total. The van der Waals surface area contributed by atoms with Crippen molar-refractivity contribution in [2.24, 2.45) is 0 Å². The Morgan fingerprint density at radius 2 is 1.83 bits per heavy atom. The zero-order valence-corrected chi connectivity index (χ0v) is 11.2. The molecule has 0 saturated carbocycles. The standard InChI is InChI=1S/C13H7N5O5/c14-3-6-10(7(4-15)13(21)17-12(6)16)5-1-8(18(22)23)11(20)9(19)2-5/h1-2,19-20H,(H3,16,17,21). The van der Waals surface area contributed by atoms with Gasteiger partial charge >= 0.3 is 5.69 Å². The number of phenolic OH excluding ortho intramolecular Hbond substituents is 2. The molecule has 0 spiro atoms. The van der Waals surface area contributed by atoms with Crippen molar-refractivity contribution in [1.29, 1.82) is 10.5 Å². The first-order valence-electron chi connectivity index (χ1n) is 5.88.